The molecule has 0 fully saturated rings. The molecule has 0 spiro atoms. The molecule has 17 heavy (non-hydrogen) atoms. The molecule has 1 heteroatoms. The lowest BCUT2D eigenvalue weighted by Gasteiger charge is -2.09. The summed E-state index contributed by atoms with van der Waals surface area (Å²) in [6.07, 6.45) is 9.94. The van der Waals surface area contributed by atoms with Crippen LogP contribution in [-0.2, 0) is 0 Å². The summed E-state index contributed by atoms with van der Waals surface area (Å²) in [6.45, 7) is 0. The predicted octanol–water partition coefficient (Wildman–Crippen LogP) is 5.01. The molecule has 84 valence electrons. The van der Waals surface area contributed by atoms with Gasteiger partial charge in [-0.1, -0.05) is 54.6 Å². The quantitative estimate of drug-likeness (QED) is 0.689. The first kappa shape index (κ1) is 10.5. The molecule has 3 rings (SSSR count). The summed E-state index contributed by atoms with van der Waals surface area (Å²) in [5.74, 6) is 0.572. The molecule has 1 heterocycles. The van der Waals surface area contributed by atoms with Gasteiger partial charge in [-0.15, -0.1) is 11.3 Å². The smallest absolute Gasteiger partial charge is 0.0345 e. The van der Waals surface area contributed by atoms with E-state index in [4.69, 9.17) is 0 Å². The van der Waals surface area contributed by atoms with Crippen LogP contribution in [0.1, 0.15) is 17.2 Å². The Morgan fingerprint density at radius 1 is 0.941 bits per heavy atom. The van der Waals surface area contributed by atoms with E-state index in [-0.39, 0.29) is 0 Å². The van der Waals surface area contributed by atoms with E-state index >= 15 is 0 Å². The van der Waals surface area contributed by atoms with Crippen molar-refractivity contribution in [2.45, 2.75) is 12.3 Å². The van der Waals surface area contributed by atoms with Crippen LogP contribution in [-0.4, -0.2) is 0 Å². The van der Waals surface area contributed by atoms with E-state index in [1.807, 2.05) is 11.3 Å². The third kappa shape index (κ3) is 2.25. The Bertz CT molecular complexity index is 546. The van der Waals surface area contributed by atoms with Crippen molar-refractivity contribution in [1.82, 2.24) is 0 Å². The van der Waals surface area contributed by atoms with Crippen molar-refractivity contribution in [1.29, 1.82) is 0 Å². The van der Waals surface area contributed by atoms with Crippen molar-refractivity contribution in [2.75, 3.05) is 0 Å². The first-order chi connectivity index (χ1) is 8.43. The molecule has 0 radical (unpaired) electrons. The molecule has 2 aromatic rings. The highest BCUT2D eigenvalue weighted by Crippen LogP contribution is 2.35. The Hall–Kier alpha value is -1.60. The summed E-state index contributed by atoms with van der Waals surface area (Å²) < 4.78 is 0. The van der Waals surface area contributed by atoms with E-state index in [0.29, 0.717) is 5.92 Å². The zero-order valence-electron chi connectivity index (χ0n) is 9.54. The van der Waals surface area contributed by atoms with Crippen LogP contribution in [0.3, 0.4) is 0 Å². The Morgan fingerprint density at radius 2 is 1.82 bits per heavy atom. The van der Waals surface area contributed by atoms with Gasteiger partial charge in [0.15, 0.2) is 0 Å². The monoisotopic (exact) mass is 238 g/mol. The summed E-state index contributed by atoms with van der Waals surface area (Å²) in [6, 6.07) is 15.1. The van der Waals surface area contributed by atoms with Gasteiger partial charge in [0.25, 0.3) is 0 Å². The van der Waals surface area contributed by atoms with E-state index in [0.717, 1.165) is 6.42 Å². The maximum Gasteiger partial charge on any atom is 0.0345 e. The van der Waals surface area contributed by atoms with Gasteiger partial charge < -0.3 is 0 Å². The van der Waals surface area contributed by atoms with Gasteiger partial charge in [-0.25, -0.2) is 0 Å². The molecule has 0 saturated carbocycles. The fourth-order valence-corrected chi connectivity index (χ4v) is 3.21. The highest BCUT2D eigenvalue weighted by Gasteiger charge is 2.11. The maximum atomic E-state index is 2.29. The number of rotatable bonds is 2. The predicted molar refractivity (Wildman–Crippen MR) is 75.4 cm³/mol. The second-order valence-electron chi connectivity index (χ2n) is 4.22. The average molecular weight is 238 g/mol. The summed E-state index contributed by atoms with van der Waals surface area (Å²) in [4.78, 5) is 2.83. The molecular formula is C16H14S. The Morgan fingerprint density at radius 3 is 2.59 bits per heavy atom. The minimum absolute atomic E-state index is 0.572. The van der Waals surface area contributed by atoms with Crippen molar-refractivity contribution >= 4 is 11.3 Å². The van der Waals surface area contributed by atoms with Crippen LogP contribution < -0.4 is 0 Å². The lowest BCUT2D eigenvalue weighted by atomic mass is 9.99. The maximum absolute atomic E-state index is 2.29. The standard InChI is InChI=1S/C16H14S/c1-3-7-13(8-4-1)15-11-12-16(17-15)14-9-5-2-6-10-14/h1-9,11-12,14H,10H2. The number of benzene rings is 1. The van der Waals surface area contributed by atoms with Crippen molar-refractivity contribution < 1.29 is 0 Å². The fraction of sp³-hybridized carbons (Fsp3) is 0.125. The Labute approximate surface area is 106 Å². The minimum Gasteiger partial charge on any atom is -0.140 e. The van der Waals surface area contributed by atoms with Gasteiger partial charge >= 0.3 is 0 Å². The third-order valence-corrected chi connectivity index (χ3v) is 4.30. The number of thiophene rings is 1. The van der Waals surface area contributed by atoms with E-state index in [2.05, 4.69) is 66.8 Å². The zero-order chi connectivity index (χ0) is 11.5. The summed E-state index contributed by atoms with van der Waals surface area (Å²) >= 11 is 1.91. The normalized spacial score (nSPS) is 18.5. The SMILES string of the molecule is C1=CCC(c2ccc(-c3ccccc3)s2)C=C1. The van der Waals surface area contributed by atoms with Gasteiger partial charge in [-0.3, -0.25) is 0 Å². The fourth-order valence-electron chi connectivity index (χ4n) is 2.10. The molecule has 1 aliphatic carbocycles. The van der Waals surface area contributed by atoms with E-state index in [1.165, 1.54) is 15.3 Å². The van der Waals surface area contributed by atoms with Gasteiger partial charge in [0.2, 0.25) is 0 Å². The largest absolute Gasteiger partial charge is 0.140 e. The van der Waals surface area contributed by atoms with Crippen molar-refractivity contribution in [3.05, 3.63) is 71.6 Å². The number of hydrogen-bond acceptors (Lipinski definition) is 1. The summed E-state index contributed by atoms with van der Waals surface area (Å²) in [7, 11) is 0. The highest BCUT2D eigenvalue weighted by molar-refractivity contribution is 7.15. The molecule has 0 N–H and O–H groups in total. The van der Waals surface area contributed by atoms with Gasteiger partial charge in [-0.05, 0) is 24.1 Å². The molecular weight excluding hydrogens is 224 g/mol. The first-order valence-electron chi connectivity index (χ1n) is 5.92. The van der Waals surface area contributed by atoms with Crippen LogP contribution in [0.2, 0.25) is 0 Å². The minimum atomic E-state index is 0.572. The molecule has 1 aromatic carbocycles. The highest BCUT2D eigenvalue weighted by atomic mass is 32.1. The molecule has 0 nitrogen and oxygen atoms in total. The van der Waals surface area contributed by atoms with Gasteiger partial charge in [0.1, 0.15) is 0 Å². The van der Waals surface area contributed by atoms with E-state index in [1.54, 1.807) is 0 Å². The van der Waals surface area contributed by atoms with Crippen molar-refractivity contribution in [3.63, 3.8) is 0 Å². The molecule has 1 aliphatic rings. The van der Waals surface area contributed by atoms with Gasteiger partial charge in [0, 0.05) is 15.7 Å². The molecule has 0 amide bonds. The van der Waals surface area contributed by atoms with E-state index in [9.17, 15) is 0 Å². The molecule has 0 bridgehead atoms. The molecule has 1 atom stereocenters. The van der Waals surface area contributed by atoms with Crippen LogP contribution in [0.15, 0.2) is 66.8 Å². The van der Waals surface area contributed by atoms with Crippen LogP contribution in [0.25, 0.3) is 10.4 Å². The zero-order valence-corrected chi connectivity index (χ0v) is 10.4. The summed E-state index contributed by atoms with van der Waals surface area (Å²) in [5.41, 5.74) is 1.32. The summed E-state index contributed by atoms with van der Waals surface area (Å²) in [5, 5.41) is 0. The second-order valence-corrected chi connectivity index (χ2v) is 5.34. The van der Waals surface area contributed by atoms with Crippen LogP contribution in [0, 0.1) is 0 Å². The van der Waals surface area contributed by atoms with Crippen LogP contribution >= 0.6 is 11.3 Å². The van der Waals surface area contributed by atoms with Crippen LogP contribution in [0.5, 0.6) is 0 Å². The third-order valence-electron chi connectivity index (χ3n) is 3.03. The van der Waals surface area contributed by atoms with Gasteiger partial charge in [0.05, 0.1) is 0 Å². The molecule has 0 saturated heterocycles. The van der Waals surface area contributed by atoms with Crippen molar-refractivity contribution in [2.24, 2.45) is 0 Å². The molecule has 0 aliphatic heterocycles. The Kier molecular flexibility index (Phi) is 2.93. The van der Waals surface area contributed by atoms with Crippen molar-refractivity contribution in [3.8, 4) is 10.4 Å². The lowest BCUT2D eigenvalue weighted by Crippen LogP contribution is -1.91. The molecule has 1 unspecified atom stereocenters. The lowest BCUT2D eigenvalue weighted by molar-refractivity contribution is 0.873. The molecule has 1 aromatic heterocycles. The number of hydrogen-bond donors (Lipinski definition) is 0. The van der Waals surface area contributed by atoms with Gasteiger partial charge in [-0.2, -0.15) is 0 Å². The first-order valence-corrected chi connectivity index (χ1v) is 6.73. The van der Waals surface area contributed by atoms with E-state index < -0.39 is 0 Å². The van der Waals surface area contributed by atoms with Crippen LogP contribution in [0.4, 0.5) is 0 Å². The topological polar surface area (TPSA) is 0 Å². The number of allylic oxidation sites excluding steroid dienone is 4. The Balaban J connectivity index is 1.88. The average Bonchev–Trinajstić information content (AvgIpc) is 2.90. The second kappa shape index (κ2) is 4.72.